The second kappa shape index (κ2) is 12.3. The number of nitrogens with zero attached hydrogens (tertiary/aromatic N) is 2. The Labute approximate surface area is 175 Å². The number of hydrogen-bond donors (Lipinski definition) is 4. The van der Waals surface area contributed by atoms with Crippen molar-refractivity contribution in [3.05, 3.63) is 24.3 Å². The number of hydrogen-bond acceptors (Lipinski definition) is 8. The fraction of sp³-hybridized carbons (Fsp3) is 0.600. The molecule has 0 aromatic heterocycles. The summed E-state index contributed by atoms with van der Waals surface area (Å²) in [7, 11) is 0. The Kier molecular flexibility index (Phi) is 9.81. The van der Waals surface area contributed by atoms with Gasteiger partial charge in [0.1, 0.15) is 5.75 Å². The number of anilines is 1. The molecule has 0 aliphatic carbocycles. The van der Waals surface area contributed by atoms with Crippen molar-refractivity contribution in [2.45, 2.75) is 25.0 Å². The van der Waals surface area contributed by atoms with Gasteiger partial charge in [0, 0.05) is 45.0 Å². The van der Waals surface area contributed by atoms with E-state index >= 15 is 0 Å². The molecule has 4 N–H and O–H groups in total. The lowest BCUT2D eigenvalue weighted by molar-refractivity contribution is -0.159. The van der Waals surface area contributed by atoms with Gasteiger partial charge in [-0.25, -0.2) is 9.59 Å². The van der Waals surface area contributed by atoms with E-state index in [2.05, 4.69) is 9.80 Å². The maximum absolute atomic E-state index is 10.1. The van der Waals surface area contributed by atoms with Crippen molar-refractivity contribution in [2.75, 3.05) is 57.4 Å². The number of benzene rings is 1. The Morgan fingerprint density at radius 1 is 1.10 bits per heavy atom. The Balaban J connectivity index is 0.000000469. The van der Waals surface area contributed by atoms with Gasteiger partial charge in [0.2, 0.25) is 0 Å². The van der Waals surface area contributed by atoms with E-state index in [-0.39, 0.29) is 6.10 Å². The van der Waals surface area contributed by atoms with Gasteiger partial charge in [-0.2, -0.15) is 0 Å². The molecule has 2 aliphatic heterocycles. The van der Waals surface area contributed by atoms with Crippen molar-refractivity contribution in [3.63, 3.8) is 0 Å². The summed E-state index contributed by atoms with van der Waals surface area (Å²) in [6.07, 6.45) is 1.94. The zero-order chi connectivity index (χ0) is 21.9. The maximum atomic E-state index is 10.1. The normalized spacial score (nSPS) is 20.3. The summed E-state index contributed by atoms with van der Waals surface area (Å²) < 4.78 is 11.1. The zero-order valence-corrected chi connectivity index (χ0v) is 16.9. The number of phenols is 1. The van der Waals surface area contributed by atoms with Crippen LogP contribution < -0.4 is 4.90 Å². The number of aliphatic hydroxyl groups is 1. The molecule has 10 heteroatoms. The fourth-order valence-electron chi connectivity index (χ4n) is 3.31. The third-order valence-electron chi connectivity index (χ3n) is 4.88. The van der Waals surface area contributed by atoms with E-state index in [0.717, 1.165) is 51.3 Å². The van der Waals surface area contributed by atoms with E-state index in [4.69, 9.17) is 29.3 Å². The highest BCUT2D eigenvalue weighted by molar-refractivity contribution is 6.27. The predicted molar refractivity (Wildman–Crippen MR) is 108 cm³/mol. The first-order chi connectivity index (χ1) is 14.3. The molecule has 2 heterocycles. The topological polar surface area (TPSA) is 140 Å². The van der Waals surface area contributed by atoms with Crippen molar-refractivity contribution in [2.24, 2.45) is 0 Å². The van der Waals surface area contributed by atoms with Crippen molar-refractivity contribution < 1.29 is 39.5 Å². The molecule has 0 spiro atoms. The Bertz CT molecular complexity index is 643. The third-order valence-corrected chi connectivity index (χ3v) is 4.88. The second-order valence-corrected chi connectivity index (χ2v) is 7.24. The highest BCUT2D eigenvalue weighted by atomic mass is 16.5. The van der Waals surface area contributed by atoms with E-state index in [0.29, 0.717) is 25.5 Å². The number of carboxylic acid groups (broad SMARTS) is 2. The summed E-state index contributed by atoms with van der Waals surface area (Å²) >= 11 is 0. The average Bonchev–Trinajstić information content (AvgIpc) is 3.23. The Hall–Kier alpha value is -2.40. The molecule has 2 atom stereocenters. The minimum absolute atomic E-state index is 0.214. The van der Waals surface area contributed by atoms with Crippen LogP contribution in [0.25, 0.3) is 0 Å². The summed E-state index contributed by atoms with van der Waals surface area (Å²) in [6.45, 7) is 6.14. The molecule has 2 fully saturated rings. The molecule has 0 amide bonds. The lowest BCUT2D eigenvalue weighted by atomic mass is 10.2. The molecule has 0 saturated carbocycles. The molecule has 168 valence electrons. The standard InChI is InChI=1S/C18H28N2O4.C2H2O4/c21-16-5-3-15(4-6-16)20-9-7-19(8-10-20)12-17(22)13-23-14-18-2-1-11-24-18;3-1(4)2(5)6/h3-6,17-18,21-22H,1-2,7-14H2;(H,3,4)(H,5,6). The number of aliphatic carboxylic acids is 2. The van der Waals surface area contributed by atoms with Gasteiger partial charge in [-0.05, 0) is 37.1 Å². The molecular weight excluding hydrogens is 396 g/mol. The molecule has 3 rings (SSSR count). The lowest BCUT2D eigenvalue weighted by Gasteiger charge is -2.36. The largest absolute Gasteiger partial charge is 0.508 e. The molecule has 2 saturated heterocycles. The van der Waals surface area contributed by atoms with Crippen molar-refractivity contribution in [3.8, 4) is 5.75 Å². The van der Waals surface area contributed by atoms with Gasteiger partial charge >= 0.3 is 11.9 Å². The number of carbonyl (C=O) groups is 2. The molecule has 10 nitrogen and oxygen atoms in total. The molecule has 1 aromatic rings. The summed E-state index contributed by atoms with van der Waals surface area (Å²) in [6, 6.07) is 7.32. The molecule has 0 radical (unpaired) electrons. The first kappa shape index (κ1) is 23.9. The summed E-state index contributed by atoms with van der Waals surface area (Å²) in [5, 5.41) is 34.3. The van der Waals surface area contributed by atoms with Crippen LogP contribution >= 0.6 is 0 Å². The van der Waals surface area contributed by atoms with E-state index in [9.17, 15) is 10.2 Å². The van der Waals surface area contributed by atoms with Crippen LogP contribution in [-0.2, 0) is 19.1 Å². The number of ether oxygens (including phenoxy) is 2. The van der Waals surface area contributed by atoms with Crippen LogP contribution in [0.4, 0.5) is 5.69 Å². The zero-order valence-electron chi connectivity index (χ0n) is 16.9. The van der Waals surface area contributed by atoms with E-state index in [1.165, 1.54) is 0 Å². The van der Waals surface area contributed by atoms with Gasteiger partial charge in [0.25, 0.3) is 0 Å². The Morgan fingerprint density at radius 2 is 1.73 bits per heavy atom. The maximum Gasteiger partial charge on any atom is 0.414 e. The van der Waals surface area contributed by atoms with Crippen LogP contribution in [0.1, 0.15) is 12.8 Å². The first-order valence-electron chi connectivity index (χ1n) is 9.95. The minimum atomic E-state index is -1.82. The number of phenolic OH excluding ortho intramolecular Hbond substituents is 1. The number of β-amino-alcohol motifs (C(OH)–C–C–N with tert-alkyl or cyclic N) is 1. The monoisotopic (exact) mass is 426 g/mol. The van der Waals surface area contributed by atoms with Gasteiger partial charge in [0.05, 0.1) is 25.4 Å². The molecular formula is C20H30N2O8. The van der Waals surface area contributed by atoms with Crippen molar-refractivity contribution in [1.29, 1.82) is 0 Å². The van der Waals surface area contributed by atoms with Gasteiger partial charge < -0.3 is 34.8 Å². The van der Waals surface area contributed by atoms with Crippen molar-refractivity contribution >= 4 is 17.6 Å². The molecule has 1 aromatic carbocycles. The molecule has 2 unspecified atom stereocenters. The van der Waals surface area contributed by atoms with Crippen LogP contribution in [0.5, 0.6) is 5.75 Å². The molecule has 30 heavy (non-hydrogen) atoms. The van der Waals surface area contributed by atoms with Crippen LogP contribution in [-0.4, -0.2) is 102 Å². The third kappa shape index (κ3) is 8.54. The van der Waals surface area contributed by atoms with Gasteiger partial charge in [-0.3, -0.25) is 4.90 Å². The minimum Gasteiger partial charge on any atom is -0.508 e. The highest BCUT2D eigenvalue weighted by Crippen LogP contribution is 2.20. The highest BCUT2D eigenvalue weighted by Gasteiger charge is 2.20. The van der Waals surface area contributed by atoms with Crippen LogP contribution in [0.2, 0.25) is 0 Å². The lowest BCUT2D eigenvalue weighted by Crippen LogP contribution is -2.49. The van der Waals surface area contributed by atoms with Gasteiger partial charge in [-0.15, -0.1) is 0 Å². The molecule has 2 aliphatic rings. The van der Waals surface area contributed by atoms with Gasteiger partial charge in [-0.1, -0.05) is 0 Å². The molecule has 0 bridgehead atoms. The number of aliphatic hydroxyl groups excluding tert-OH is 1. The summed E-state index contributed by atoms with van der Waals surface area (Å²) in [4.78, 5) is 22.8. The average molecular weight is 426 g/mol. The van der Waals surface area contributed by atoms with Crippen molar-refractivity contribution in [1.82, 2.24) is 4.90 Å². The van der Waals surface area contributed by atoms with E-state index in [1.54, 1.807) is 12.1 Å². The number of carboxylic acids is 2. The number of piperazine rings is 1. The SMILES string of the molecule is O=C(O)C(=O)O.Oc1ccc(N2CCN(CC(O)COCC3CCCO3)CC2)cc1. The first-order valence-corrected chi connectivity index (χ1v) is 9.95. The van der Waals surface area contributed by atoms with E-state index < -0.39 is 18.0 Å². The van der Waals surface area contributed by atoms with Crippen LogP contribution in [0, 0.1) is 0 Å². The predicted octanol–water partition coefficient (Wildman–Crippen LogP) is 0.226. The Morgan fingerprint density at radius 3 is 2.27 bits per heavy atom. The fourth-order valence-corrected chi connectivity index (χ4v) is 3.31. The summed E-state index contributed by atoms with van der Waals surface area (Å²) in [5.41, 5.74) is 1.13. The van der Waals surface area contributed by atoms with Gasteiger partial charge in [0.15, 0.2) is 0 Å². The second-order valence-electron chi connectivity index (χ2n) is 7.24. The quantitative estimate of drug-likeness (QED) is 0.448. The number of rotatable bonds is 7. The van der Waals surface area contributed by atoms with E-state index in [1.807, 2.05) is 12.1 Å². The van der Waals surface area contributed by atoms with Crippen LogP contribution in [0.3, 0.4) is 0 Å². The summed E-state index contributed by atoms with van der Waals surface area (Å²) in [5.74, 6) is -3.35. The smallest absolute Gasteiger partial charge is 0.414 e. The number of aromatic hydroxyl groups is 1. The van der Waals surface area contributed by atoms with Crippen LogP contribution in [0.15, 0.2) is 24.3 Å².